The highest BCUT2D eigenvalue weighted by Crippen LogP contribution is 2.42. The summed E-state index contributed by atoms with van der Waals surface area (Å²) in [6, 6.07) is 1.30. The fourth-order valence-corrected chi connectivity index (χ4v) is 1.82. The Hall–Kier alpha value is -1.14. The summed E-state index contributed by atoms with van der Waals surface area (Å²) in [5.74, 6) is -0.526. The van der Waals surface area contributed by atoms with Crippen molar-refractivity contribution < 1.29 is 18.7 Å². The Morgan fingerprint density at radius 2 is 2.33 bits per heavy atom. The normalized spacial score (nSPS) is 13.0. The van der Waals surface area contributed by atoms with Crippen LogP contribution in [0.2, 0.25) is 0 Å². The third-order valence-electron chi connectivity index (χ3n) is 2.03. The van der Waals surface area contributed by atoms with Crippen molar-refractivity contribution in [1.82, 2.24) is 0 Å². The summed E-state index contributed by atoms with van der Waals surface area (Å²) in [5.41, 5.74) is 5.08. The van der Waals surface area contributed by atoms with E-state index in [4.69, 9.17) is 15.2 Å². The van der Waals surface area contributed by atoms with E-state index < -0.39 is 11.6 Å². The average Bonchev–Trinajstić information content (AvgIpc) is 2.70. The van der Waals surface area contributed by atoms with Crippen molar-refractivity contribution in [3.05, 3.63) is 21.9 Å². The first-order valence-corrected chi connectivity index (χ1v) is 4.95. The van der Waals surface area contributed by atoms with E-state index in [1.54, 1.807) is 0 Å². The van der Waals surface area contributed by atoms with E-state index >= 15 is 0 Å². The molecule has 80 valence electrons. The summed E-state index contributed by atoms with van der Waals surface area (Å²) < 4.78 is 23.8. The maximum absolute atomic E-state index is 13.6. The molecule has 0 radical (unpaired) electrons. The van der Waals surface area contributed by atoms with Crippen molar-refractivity contribution in [3.8, 4) is 11.5 Å². The number of Topliss-reactive ketones (excluding diaryl/α,β-unsaturated/α-hetero) is 1. The van der Waals surface area contributed by atoms with Gasteiger partial charge in [0, 0.05) is 0 Å². The van der Waals surface area contributed by atoms with Crippen molar-refractivity contribution in [2.75, 3.05) is 13.3 Å². The molecule has 4 nitrogen and oxygen atoms in total. The number of fused-ring (bicyclic) bond motifs is 1. The topological polar surface area (TPSA) is 61.6 Å². The summed E-state index contributed by atoms with van der Waals surface area (Å²) in [6.45, 7) is -0.226. The minimum Gasteiger partial charge on any atom is -0.454 e. The fourth-order valence-electron chi connectivity index (χ4n) is 1.29. The molecular weight excluding hydrogens is 269 g/mol. The van der Waals surface area contributed by atoms with Crippen LogP contribution in [0.15, 0.2) is 10.5 Å². The Kier molecular flexibility index (Phi) is 2.62. The molecule has 0 amide bonds. The van der Waals surface area contributed by atoms with Gasteiger partial charge < -0.3 is 15.2 Å². The van der Waals surface area contributed by atoms with Crippen LogP contribution >= 0.6 is 15.9 Å². The van der Waals surface area contributed by atoms with Gasteiger partial charge in [-0.2, -0.15) is 0 Å². The molecule has 1 heterocycles. The molecule has 0 saturated carbocycles. The van der Waals surface area contributed by atoms with Gasteiger partial charge in [0.1, 0.15) is 4.47 Å². The van der Waals surface area contributed by atoms with Crippen LogP contribution in [-0.4, -0.2) is 19.1 Å². The van der Waals surface area contributed by atoms with Crippen molar-refractivity contribution in [3.63, 3.8) is 0 Å². The minimum atomic E-state index is -0.672. The van der Waals surface area contributed by atoms with E-state index in [9.17, 15) is 9.18 Å². The molecule has 1 aromatic carbocycles. The summed E-state index contributed by atoms with van der Waals surface area (Å²) in [6.07, 6.45) is 0. The van der Waals surface area contributed by atoms with Gasteiger partial charge in [0.2, 0.25) is 6.79 Å². The third-order valence-corrected chi connectivity index (χ3v) is 2.74. The molecule has 0 bridgehead atoms. The molecule has 0 aromatic heterocycles. The lowest BCUT2D eigenvalue weighted by molar-refractivity contribution is 0.0997. The van der Waals surface area contributed by atoms with Gasteiger partial charge in [-0.3, -0.25) is 4.79 Å². The molecule has 1 aromatic rings. The van der Waals surface area contributed by atoms with Crippen LogP contribution in [0.5, 0.6) is 11.5 Å². The van der Waals surface area contributed by atoms with Gasteiger partial charge in [-0.05, 0) is 22.0 Å². The Labute approximate surface area is 93.3 Å². The fraction of sp³-hybridized carbons (Fsp3) is 0.222. The first-order chi connectivity index (χ1) is 7.15. The number of benzene rings is 1. The molecule has 0 saturated heterocycles. The monoisotopic (exact) mass is 275 g/mol. The van der Waals surface area contributed by atoms with Crippen molar-refractivity contribution in [2.24, 2.45) is 5.73 Å². The maximum atomic E-state index is 13.6. The van der Waals surface area contributed by atoms with Crippen molar-refractivity contribution in [1.29, 1.82) is 0 Å². The molecule has 15 heavy (non-hydrogen) atoms. The first-order valence-electron chi connectivity index (χ1n) is 4.16. The number of nitrogens with two attached hydrogens (primary N) is 1. The van der Waals surface area contributed by atoms with Gasteiger partial charge in [-0.15, -0.1) is 0 Å². The van der Waals surface area contributed by atoms with Crippen LogP contribution in [-0.2, 0) is 0 Å². The highest BCUT2D eigenvalue weighted by Gasteiger charge is 2.25. The van der Waals surface area contributed by atoms with Gasteiger partial charge in [0.25, 0.3) is 0 Å². The number of hydrogen-bond acceptors (Lipinski definition) is 4. The third kappa shape index (κ3) is 1.59. The van der Waals surface area contributed by atoms with Crippen LogP contribution < -0.4 is 15.2 Å². The van der Waals surface area contributed by atoms with E-state index in [0.717, 1.165) is 0 Å². The molecule has 2 N–H and O–H groups in total. The van der Waals surface area contributed by atoms with E-state index in [1.165, 1.54) is 6.07 Å². The van der Waals surface area contributed by atoms with Gasteiger partial charge in [-0.1, -0.05) is 0 Å². The van der Waals surface area contributed by atoms with Gasteiger partial charge >= 0.3 is 0 Å². The molecule has 1 aliphatic rings. The SMILES string of the molecule is NCC(=O)c1cc2c(c(Br)c1F)OCO2. The number of carbonyl (C=O) groups is 1. The summed E-state index contributed by atoms with van der Waals surface area (Å²) >= 11 is 3.01. The lowest BCUT2D eigenvalue weighted by atomic mass is 10.1. The Bertz CT molecular complexity index is 436. The molecule has 0 aliphatic carbocycles. The van der Waals surface area contributed by atoms with E-state index in [-0.39, 0.29) is 29.1 Å². The molecule has 0 atom stereocenters. The van der Waals surface area contributed by atoms with Gasteiger partial charge in [-0.25, -0.2) is 4.39 Å². The Morgan fingerprint density at radius 3 is 3.00 bits per heavy atom. The lowest BCUT2D eigenvalue weighted by Crippen LogP contribution is -2.15. The van der Waals surface area contributed by atoms with Gasteiger partial charge in [0.15, 0.2) is 23.1 Å². The Morgan fingerprint density at radius 1 is 1.60 bits per heavy atom. The highest BCUT2D eigenvalue weighted by molar-refractivity contribution is 9.10. The average molecular weight is 276 g/mol. The van der Waals surface area contributed by atoms with E-state index in [1.807, 2.05) is 0 Å². The van der Waals surface area contributed by atoms with E-state index in [0.29, 0.717) is 5.75 Å². The number of ether oxygens (including phenoxy) is 2. The van der Waals surface area contributed by atoms with Crippen LogP contribution in [0, 0.1) is 5.82 Å². The largest absolute Gasteiger partial charge is 0.454 e. The maximum Gasteiger partial charge on any atom is 0.231 e. The second-order valence-corrected chi connectivity index (χ2v) is 3.71. The van der Waals surface area contributed by atoms with Crippen LogP contribution in [0.1, 0.15) is 10.4 Å². The molecule has 1 aliphatic heterocycles. The van der Waals surface area contributed by atoms with Crippen LogP contribution in [0.25, 0.3) is 0 Å². The molecule has 6 heteroatoms. The second-order valence-electron chi connectivity index (χ2n) is 2.91. The number of ketones is 1. The number of hydrogen-bond donors (Lipinski definition) is 1. The number of rotatable bonds is 2. The zero-order valence-electron chi connectivity index (χ0n) is 7.55. The molecule has 2 rings (SSSR count). The van der Waals surface area contributed by atoms with Crippen LogP contribution in [0.4, 0.5) is 4.39 Å². The zero-order chi connectivity index (χ0) is 11.0. The van der Waals surface area contributed by atoms with E-state index in [2.05, 4.69) is 15.9 Å². The molecule has 0 spiro atoms. The summed E-state index contributed by atoms with van der Waals surface area (Å²) in [7, 11) is 0. The van der Waals surface area contributed by atoms with Crippen LogP contribution in [0.3, 0.4) is 0 Å². The minimum absolute atomic E-state index is 0.0215. The summed E-state index contributed by atoms with van der Waals surface area (Å²) in [5, 5.41) is 0. The first kappa shape index (κ1) is 10.4. The van der Waals surface area contributed by atoms with Gasteiger partial charge in [0.05, 0.1) is 12.1 Å². The Balaban J connectivity index is 2.59. The number of carbonyl (C=O) groups excluding carboxylic acids is 1. The second kappa shape index (κ2) is 3.79. The quantitative estimate of drug-likeness (QED) is 0.831. The molecular formula is C9H7BrFNO3. The van der Waals surface area contributed by atoms with Crippen molar-refractivity contribution in [2.45, 2.75) is 0 Å². The molecule has 0 fully saturated rings. The zero-order valence-corrected chi connectivity index (χ0v) is 9.14. The smallest absolute Gasteiger partial charge is 0.231 e. The standard InChI is InChI=1S/C9H7BrFNO3/c10-7-8(11)4(5(13)2-12)1-6-9(7)15-3-14-6/h1H,2-3,12H2. The number of halogens is 2. The predicted molar refractivity (Wildman–Crippen MR) is 53.6 cm³/mol. The van der Waals surface area contributed by atoms with Crippen molar-refractivity contribution >= 4 is 21.7 Å². The molecule has 0 unspecified atom stereocenters. The lowest BCUT2D eigenvalue weighted by Gasteiger charge is -2.05. The highest BCUT2D eigenvalue weighted by atomic mass is 79.9. The summed E-state index contributed by atoms with van der Waals surface area (Å²) in [4.78, 5) is 11.3. The predicted octanol–water partition coefficient (Wildman–Crippen LogP) is 1.46.